The van der Waals surface area contributed by atoms with Crippen LogP contribution in [-0.4, -0.2) is 24.5 Å². The van der Waals surface area contributed by atoms with Gasteiger partial charge in [0.15, 0.2) is 0 Å². The lowest BCUT2D eigenvalue weighted by Crippen LogP contribution is -2.34. The molecule has 0 spiro atoms. The van der Waals surface area contributed by atoms with Gasteiger partial charge in [0.05, 0.1) is 0 Å². The van der Waals surface area contributed by atoms with Gasteiger partial charge in [-0.1, -0.05) is 42.5 Å². The molecule has 0 amide bonds. The number of nitrogens with zero attached hydrogens (tertiary/aromatic N) is 1. The average molecular weight is 284 g/mol. The molecule has 0 aromatic heterocycles. The number of rotatable bonds is 3. The molecular weight excluding hydrogens is 263 g/mol. The highest BCUT2D eigenvalue weighted by molar-refractivity contribution is 5.28. The highest BCUT2D eigenvalue weighted by atomic mass is 19.1. The summed E-state index contributed by atoms with van der Waals surface area (Å²) in [6.45, 7) is 2.67. The third-order valence-corrected chi connectivity index (χ3v) is 4.27. The Bertz CT molecular complexity index is 585. The third-order valence-electron chi connectivity index (χ3n) is 4.27. The Morgan fingerprint density at radius 3 is 2.14 bits per heavy atom. The Morgan fingerprint density at radius 2 is 1.52 bits per heavy atom. The van der Waals surface area contributed by atoms with Crippen LogP contribution in [0.15, 0.2) is 48.5 Å². The highest BCUT2D eigenvalue weighted by Crippen LogP contribution is 2.19. The summed E-state index contributed by atoms with van der Waals surface area (Å²) in [4.78, 5) is 2.34. The van der Waals surface area contributed by atoms with Crippen molar-refractivity contribution in [2.24, 2.45) is 5.73 Å². The smallest absolute Gasteiger partial charge is 0.128 e. The SMILES string of the molecule is NC(CN1CCc2ccccc2CC1)c1ccccc1F. The zero-order valence-electron chi connectivity index (χ0n) is 12.1. The first-order chi connectivity index (χ1) is 10.2. The molecule has 0 bridgehead atoms. The summed E-state index contributed by atoms with van der Waals surface area (Å²) in [5, 5.41) is 0. The Kier molecular flexibility index (Phi) is 4.32. The molecule has 1 aliphatic rings. The molecule has 1 unspecified atom stereocenters. The molecule has 110 valence electrons. The van der Waals surface area contributed by atoms with Gasteiger partial charge in [-0.25, -0.2) is 4.39 Å². The van der Waals surface area contributed by atoms with Crippen molar-refractivity contribution in [1.82, 2.24) is 4.90 Å². The van der Waals surface area contributed by atoms with Gasteiger partial charge < -0.3 is 10.6 Å². The Morgan fingerprint density at radius 1 is 0.952 bits per heavy atom. The van der Waals surface area contributed by atoms with Crippen LogP contribution >= 0.6 is 0 Å². The second-order valence-electron chi connectivity index (χ2n) is 5.70. The monoisotopic (exact) mass is 284 g/mol. The van der Waals surface area contributed by atoms with E-state index in [2.05, 4.69) is 29.2 Å². The molecular formula is C18H21FN2. The number of hydrogen-bond acceptors (Lipinski definition) is 2. The summed E-state index contributed by atoms with van der Waals surface area (Å²) in [5.41, 5.74) is 9.67. The van der Waals surface area contributed by atoms with E-state index < -0.39 is 0 Å². The van der Waals surface area contributed by atoms with Gasteiger partial charge in [0.1, 0.15) is 5.82 Å². The van der Waals surface area contributed by atoms with Gasteiger partial charge in [0.25, 0.3) is 0 Å². The molecule has 1 aliphatic heterocycles. The van der Waals surface area contributed by atoms with E-state index in [4.69, 9.17) is 5.73 Å². The van der Waals surface area contributed by atoms with Crippen LogP contribution in [-0.2, 0) is 12.8 Å². The van der Waals surface area contributed by atoms with Crippen LogP contribution < -0.4 is 5.73 Å². The summed E-state index contributed by atoms with van der Waals surface area (Å²) in [5.74, 6) is -0.205. The number of hydrogen-bond donors (Lipinski definition) is 1. The number of benzene rings is 2. The van der Waals surface area contributed by atoms with Crippen LogP contribution in [0.5, 0.6) is 0 Å². The van der Waals surface area contributed by atoms with Crippen LogP contribution in [0, 0.1) is 5.82 Å². The van der Waals surface area contributed by atoms with E-state index in [0.29, 0.717) is 12.1 Å². The first-order valence-electron chi connectivity index (χ1n) is 7.53. The first kappa shape index (κ1) is 14.2. The predicted molar refractivity (Wildman–Crippen MR) is 83.6 cm³/mol. The molecule has 3 rings (SSSR count). The van der Waals surface area contributed by atoms with Crippen molar-refractivity contribution in [2.75, 3.05) is 19.6 Å². The van der Waals surface area contributed by atoms with Crippen LogP contribution in [0.2, 0.25) is 0 Å². The molecule has 2 N–H and O–H groups in total. The lowest BCUT2D eigenvalue weighted by Gasteiger charge is -2.24. The Hall–Kier alpha value is -1.71. The summed E-state index contributed by atoms with van der Waals surface area (Å²) >= 11 is 0. The fourth-order valence-electron chi connectivity index (χ4n) is 3.05. The van der Waals surface area contributed by atoms with Gasteiger partial charge in [-0.2, -0.15) is 0 Å². The van der Waals surface area contributed by atoms with Gasteiger partial charge in [-0.3, -0.25) is 0 Å². The molecule has 0 saturated heterocycles. The highest BCUT2D eigenvalue weighted by Gasteiger charge is 2.18. The van der Waals surface area contributed by atoms with Crippen molar-refractivity contribution in [2.45, 2.75) is 18.9 Å². The number of nitrogens with two attached hydrogens (primary N) is 1. The van der Waals surface area contributed by atoms with Gasteiger partial charge in [0.2, 0.25) is 0 Å². The van der Waals surface area contributed by atoms with Crippen LogP contribution in [0.3, 0.4) is 0 Å². The van der Waals surface area contributed by atoms with Crippen molar-refractivity contribution < 1.29 is 4.39 Å². The van der Waals surface area contributed by atoms with Gasteiger partial charge in [-0.05, 0) is 30.0 Å². The molecule has 3 heteroatoms. The number of fused-ring (bicyclic) bond motifs is 1. The van der Waals surface area contributed by atoms with Gasteiger partial charge in [-0.15, -0.1) is 0 Å². The lowest BCUT2D eigenvalue weighted by molar-refractivity contribution is 0.268. The fourth-order valence-corrected chi connectivity index (χ4v) is 3.05. The minimum absolute atomic E-state index is 0.205. The summed E-state index contributed by atoms with van der Waals surface area (Å²) in [7, 11) is 0. The maximum atomic E-state index is 13.8. The van der Waals surface area contributed by atoms with Crippen molar-refractivity contribution in [3.63, 3.8) is 0 Å². The van der Waals surface area contributed by atoms with E-state index in [1.807, 2.05) is 6.07 Å². The molecule has 1 heterocycles. The van der Waals surface area contributed by atoms with Crippen LogP contribution in [0.25, 0.3) is 0 Å². The summed E-state index contributed by atoms with van der Waals surface area (Å²) in [6.07, 6.45) is 2.08. The van der Waals surface area contributed by atoms with Crippen LogP contribution in [0.4, 0.5) is 4.39 Å². The quantitative estimate of drug-likeness (QED) is 0.939. The maximum Gasteiger partial charge on any atom is 0.128 e. The van der Waals surface area contributed by atoms with Crippen molar-refractivity contribution in [1.29, 1.82) is 0 Å². The zero-order chi connectivity index (χ0) is 14.7. The predicted octanol–water partition coefficient (Wildman–Crippen LogP) is 2.93. The van der Waals surface area contributed by atoms with Crippen molar-refractivity contribution in [3.05, 3.63) is 71.0 Å². The summed E-state index contributed by atoms with van der Waals surface area (Å²) < 4.78 is 13.8. The lowest BCUT2D eigenvalue weighted by atomic mass is 10.0. The van der Waals surface area contributed by atoms with E-state index in [0.717, 1.165) is 25.9 Å². The zero-order valence-corrected chi connectivity index (χ0v) is 12.1. The first-order valence-corrected chi connectivity index (χ1v) is 7.53. The second-order valence-corrected chi connectivity index (χ2v) is 5.70. The van der Waals surface area contributed by atoms with E-state index in [-0.39, 0.29) is 11.9 Å². The maximum absolute atomic E-state index is 13.8. The molecule has 0 radical (unpaired) electrons. The van der Waals surface area contributed by atoms with Gasteiger partial charge in [0, 0.05) is 31.2 Å². The minimum Gasteiger partial charge on any atom is -0.323 e. The second kappa shape index (κ2) is 6.37. The van der Waals surface area contributed by atoms with Crippen LogP contribution in [0.1, 0.15) is 22.7 Å². The Labute approximate surface area is 125 Å². The molecule has 0 saturated carbocycles. The van der Waals surface area contributed by atoms with Crippen molar-refractivity contribution in [3.8, 4) is 0 Å². The van der Waals surface area contributed by atoms with E-state index >= 15 is 0 Å². The molecule has 21 heavy (non-hydrogen) atoms. The largest absolute Gasteiger partial charge is 0.323 e. The van der Waals surface area contributed by atoms with Crippen molar-refractivity contribution >= 4 is 0 Å². The number of halogens is 1. The fraction of sp³-hybridized carbons (Fsp3) is 0.333. The molecule has 2 nitrogen and oxygen atoms in total. The Balaban J connectivity index is 1.66. The normalized spacial score (nSPS) is 17.0. The van der Waals surface area contributed by atoms with Gasteiger partial charge >= 0.3 is 0 Å². The molecule has 0 aliphatic carbocycles. The average Bonchev–Trinajstić information content (AvgIpc) is 2.70. The molecule has 2 aromatic rings. The molecule has 0 fully saturated rings. The third kappa shape index (κ3) is 3.31. The molecule has 1 atom stereocenters. The standard InChI is InChI=1S/C18H21FN2/c19-17-8-4-3-7-16(17)18(20)13-21-11-9-14-5-1-2-6-15(14)10-12-21/h1-8,18H,9-13,20H2. The van der Waals surface area contributed by atoms with E-state index in [1.165, 1.54) is 17.2 Å². The van der Waals surface area contributed by atoms with E-state index in [9.17, 15) is 4.39 Å². The molecule has 2 aromatic carbocycles. The topological polar surface area (TPSA) is 29.3 Å². The minimum atomic E-state index is -0.271. The summed E-state index contributed by atoms with van der Waals surface area (Å²) in [6, 6.07) is 15.1. The van der Waals surface area contributed by atoms with E-state index in [1.54, 1.807) is 12.1 Å².